The number of amides is 2. The van der Waals surface area contributed by atoms with Gasteiger partial charge in [-0.3, -0.25) is 24.2 Å². The summed E-state index contributed by atoms with van der Waals surface area (Å²) in [5.74, 6) is -0.251. The summed E-state index contributed by atoms with van der Waals surface area (Å²) in [5, 5.41) is 11.0. The van der Waals surface area contributed by atoms with Crippen molar-refractivity contribution in [3.63, 3.8) is 0 Å². The van der Waals surface area contributed by atoms with E-state index in [9.17, 15) is 23.9 Å². The van der Waals surface area contributed by atoms with E-state index in [2.05, 4.69) is 19.9 Å². The highest BCUT2D eigenvalue weighted by atomic mass is 19.1. The lowest BCUT2D eigenvalue weighted by molar-refractivity contribution is -0.0000344. The zero-order valence-electron chi connectivity index (χ0n) is 23.6. The molecule has 0 spiro atoms. The number of nitrogens with one attached hydrogen (secondary N) is 1. The summed E-state index contributed by atoms with van der Waals surface area (Å²) in [6, 6.07) is 10.9. The Balaban J connectivity index is 1.27. The normalized spacial score (nSPS) is 16.3. The average Bonchev–Trinajstić information content (AvgIpc) is 3.75. The molecule has 0 bridgehead atoms. The number of aliphatic hydroxyl groups is 1. The van der Waals surface area contributed by atoms with Crippen molar-refractivity contribution in [2.75, 3.05) is 22.9 Å². The Bertz CT molecular complexity index is 1680. The van der Waals surface area contributed by atoms with Crippen LogP contribution in [0.5, 0.6) is 0 Å². The number of halogens is 1. The van der Waals surface area contributed by atoms with E-state index >= 15 is 0 Å². The second kappa shape index (κ2) is 11.8. The zero-order valence-corrected chi connectivity index (χ0v) is 23.6. The van der Waals surface area contributed by atoms with Crippen LogP contribution in [0.1, 0.15) is 53.5 Å². The molecule has 1 aliphatic carbocycles. The van der Waals surface area contributed by atoms with Crippen LogP contribution in [0.4, 0.5) is 16.0 Å². The molecule has 0 aromatic carbocycles. The molecule has 2 N–H and O–H groups in total. The van der Waals surface area contributed by atoms with Gasteiger partial charge in [0.25, 0.3) is 11.8 Å². The van der Waals surface area contributed by atoms with Crippen LogP contribution in [-0.4, -0.2) is 71.8 Å². The first kappa shape index (κ1) is 28.2. The number of aryl methyl sites for hydroxylation is 1. The van der Waals surface area contributed by atoms with Gasteiger partial charge < -0.3 is 19.6 Å². The standard InChI is InChI=1S/C30H31FN8O4/c1-2-13-38-29(42)25-27(39(30(38)43)21-9-10-21)35-26(34-25)19-8-12-23(33-17-19)37(28(41)20-7-11-22(31)32-18-20)16-5-15-36-14-4-3-6-24(36)40/h3-4,6-8,11-12,14,17-18,21,30,43H,2,5,9-10,13,15-16H2,1H3,(H,34,35). The van der Waals surface area contributed by atoms with Gasteiger partial charge in [0.1, 0.15) is 17.3 Å². The number of carbonyl (C=O) groups is 2. The molecule has 12 nitrogen and oxygen atoms in total. The Kier molecular flexibility index (Phi) is 7.72. The van der Waals surface area contributed by atoms with E-state index in [0.717, 1.165) is 18.9 Å². The van der Waals surface area contributed by atoms with Crippen LogP contribution in [0.15, 0.2) is 65.8 Å². The van der Waals surface area contributed by atoms with Gasteiger partial charge in [0.05, 0.1) is 5.56 Å². The molecule has 2 aliphatic rings. The number of nitrogens with zero attached hydrogens (tertiary/aromatic N) is 7. The predicted octanol–water partition coefficient (Wildman–Crippen LogP) is 3.02. The fourth-order valence-corrected chi connectivity index (χ4v) is 5.23. The largest absolute Gasteiger partial charge is 0.356 e. The van der Waals surface area contributed by atoms with Crippen molar-refractivity contribution < 1.29 is 19.1 Å². The summed E-state index contributed by atoms with van der Waals surface area (Å²) >= 11 is 0. The Hall–Kier alpha value is -4.91. The highest BCUT2D eigenvalue weighted by Crippen LogP contribution is 2.39. The highest BCUT2D eigenvalue weighted by Gasteiger charge is 2.45. The van der Waals surface area contributed by atoms with Gasteiger partial charge >= 0.3 is 0 Å². The monoisotopic (exact) mass is 586 g/mol. The quantitative estimate of drug-likeness (QED) is 0.270. The lowest BCUT2D eigenvalue weighted by Crippen LogP contribution is -2.56. The van der Waals surface area contributed by atoms with E-state index < -0.39 is 18.2 Å². The second-order valence-corrected chi connectivity index (χ2v) is 10.6. The van der Waals surface area contributed by atoms with Crippen LogP contribution in [0.2, 0.25) is 0 Å². The third-order valence-electron chi connectivity index (χ3n) is 7.53. The first-order valence-electron chi connectivity index (χ1n) is 14.3. The fraction of sp³-hybridized carbons (Fsp3) is 0.333. The number of rotatable bonds is 10. The molecule has 1 fully saturated rings. The number of aliphatic hydroxyl groups excluding tert-OH is 1. The number of imidazole rings is 1. The van der Waals surface area contributed by atoms with E-state index in [1.54, 1.807) is 46.1 Å². The molecule has 13 heteroatoms. The number of aromatic nitrogens is 5. The van der Waals surface area contributed by atoms with Crippen molar-refractivity contribution in [3.8, 4) is 11.4 Å². The number of fused-ring (bicyclic) bond motifs is 1. The average molecular weight is 587 g/mol. The third-order valence-corrected chi connectivity index (χ3v) is 7.53. The minimum absolute atomic E-state index is 0.116. The van der Waals surface area contributed by atoms with Crippen molar-refractivity contribution in [1.29, 1.82) is 0 Å². The Morgan fingerprint density at radius 3 is 2.60 bits per heavy atom. The van der Waals surface area contributed by atoms with Crippen molar-refractivity contribution in [2.24, 2.45) is 0 Å². The first-order chi connectivity index (χ1) is 20.9. The summed E-state index contributed by atoms with van der Waals surface area (Å²) in [4.78, 5) is 59.5. The van der Waals surface area contributed by atoms with Crippen molar-refractivity contribution in [3.05, 3.63) is 88.6 Å². The van der Waals surface area contributed by atoms with Gasteiger partial charge in [0.15, 0.2) is 5.82 Å². The predicted molar refractivity (Wildman–Crippen MR) is 156 cm³/mol. The summed E-state index contributed by atoms with van der Waals surface area (Å²) in [5.41, 5.74) is 0.957. The van der Waals surface area contributed by atoms with E-state index in [-0.39, 0.29) is 29.6 Å². The highest BCUT2D eigenvalue weighted by molar-refractivity contribution is 6.05. The maximum Gasteiger partial charge on any atom is 0.277 e. The van der Waals surface area contributed by atoms with Crippen LogP contribution in [0.3, 0.4) is 0 Å². The van der Waals surface area contributed by atoms with Crippen molar-refractivity contribution >= 4 is 23.5 Å². The van der Waals surface area contributed by atoms with Gasteiger partial charge in [-0.25, -0.2) is 15.0 Å². The number of anilines is 2. The van der Waals surface area contributed by atoms with E-state index in [1.807, 2.05) is 6.92 Å². The molecular weight excluding hydrogens is 555 g/mol. The summed E-state index contributed by atoms with van der Waals surface area (Å²) < 4.78 is 15.0. The van der Waals surface area contributed by atoms with Gasteiger partial charge in [0, 0.05) is 55.9 Å². The number of hydrogen-bond donors (Lipinski definition) is 2. The lowest BCUT2D eigenvalue weighted by atomic mass is 10.2. The van der Waals surface area contributed by atoms with Crippen LogP contribution in [-0.2, 0) is 6.54 Å². The van der Waals surface area contributed by atoms with Gasteiger partial charge in [0.2, 0.25) is 17.9 Å². The lowest BCUT2D eigenvalue weighted by Gasteiger charge is -2.40. The smallest absolute Gasteiger partial charge is 0.277 e. The molecule has 1 aliphatic heterocycles. The summed E-state index contributed by atoms with van der Waals surface area (Å²) in [6.07, 6.45) is 6.32. The third kappa shape index (κ3) is 5.63. The minimum atomic E-state index is -1.07. The molecule has 222 valence electrons. The number of pyridine rings is 3. The van der Waals surface area contributed by atoms with Crippen LogP contribution in [0.25, 0.3) is 11.4 Å². The van der Waals surface area contributed by atoms with Crippen LogP contribution >= 0.6 is 0 Å². The fourth-order valence-electron chi connectivity index (χ4n) is 5.23. The molecule has 1 saturated carbocycles. The summed E-state index contributed by atoms with van der Waals surface area (Å²) in [7, 11) is 0. The second-order valence-electron chi connectivity index (χ2n) is 10.6. The first-order valence-corrected chi connectivity index (χ1v) is 14.3. The van der Waals surface area contributed by atoms with Crippen LogP contribution in [0, 0.1) is 5.95 Å². The molecule has 5 heterocycles. The van der Waals surface area contributed by atoms with E-state index in [0.29, 0.717) is 54.6 Å². The Morgan fingerprint density at radius 1 is 1.09 bits per heavy atom. The molecule has 6 rings (SSSR count). The molecule has 1 unspecified atom stereocenters. The van der Waals surface area contributed by atoms with Gasteiger partial charge in [-0.05, 0) is 56.0 Å². The Morgan fingerprint density at radius 2 is 1.93 bits per heavy atom. The number of hydrogen-bond acceptors (Lipinski definition) is 8. The van der Waals surface area contributed by atoms with E-state index in [1.165, 1.54) is 28.1 Å². The van der Waals surface area contributed by atoms with Crippen LogP contribution < -0.4 is 15.4 Å². The Labute approximate surface area is 246 Å². The van der Waals surface area contributed by atoms with Crippen molar-refractivity contribution in [1.82, 2.24) is 29.4 Å². The maximum atomic E-state index is 13.5. The number of aromatic amines is 1. The van der Waals surface area contributed by atoms with E-state index in [4.69, 9.17) is 0 Å². The minimum Gasteiger partial charge on any atom is -0.356 e. The van der Waals surface area contributed by atoms with Crippen molar-refractivity contribution in [2.45, 2.75) is 51.5 Å². The van der Waals surface area contributed by atoms with Gasteiger partial charge in [-0.2, -0.15) is 4.39 Å². The molecule has 4 aromatic heterocycles. The molecule has 1 atom stereocenters. The molecule has 2 amide bonds. The molecule has 4 aromatic rings. The molecule has 0 radical (unpaired) electrons. The number of carbonyl (C=O) groups excluding carboxylic acids is 2. The van der Waals surface area contributed by atoms with Gasteiger partial charge in [-0.15, -0.1) is 0 Å². The SMILES string of the molecule is CCCN1C(=O)c2[nH]c(-c3ccc(N(CCCn4ccccc4=O)C(=O)c4ccc(F)nc4)nc3)nc2N(C2CC2)C1O. The molecule has 43 heavy (non-hydrogen) atoms. The molecular formula is C30H31FN8O4. The zero-order chi connectivity index (χ0) is 30.1. The van der Waals surface area contributed by atoms with Gasteiger partial charge in [-0.1, -0.05) is 13.0 Å². The topological polar surface area (TPSA) is 141 Å². The maximum absolute atomic E-state index is 13.5. The number of H-pyrrole nitrogens is 1. The summed E-state index contributed by atoms with van der Waals surface area (Å²) in [6.45, 7) is 2.98. The molecule has 0 saturated heterocycles.